The molecule has 0 saturated heterocycles. The molecule has 0 aliphatic rings. The molecule has 0 atom stereocenters. The molecular weight excluding hydrogens is 405 g/mol. The zero-order valence-electron chi connectivity index (χ0n) is 11.4. The van der Waals surface area contributed by atoms with Gasteiger partial charge in [-0.05, 0) is 29.8 Å². The molecule has 0 aliphatic heterocycles. The Kier molecular flexibility index (Phi) is 5.56. The number of hydrogen-bond donors (Lipinski definition) is 1. The second-order valence-corrected chi connectivity index (χ2v) is 6.67. The van der Waals surface area contributed by atoms with Crippen molar-refractivity contribution in [2.45, 2.75) is 15.2 Å². The molecule has 0 unspecified atom stereocenters. The normalized spacial score (nSPS) is 11.2. The number of nitrogens with one attached hydrogen (secondary N) is 1. The molecule has 1 heterocycles. The largest absolute Gasteiger partial charge is 0.362 e. The third kappa shape index (κ3) is 3.73. The number of hydrogen-bond acceptors (Lipinski definition) is 4. The molecule has 4 nitrogen and oxygen atoms in total. The van der Waals surface area contributed by atoms with Crippen LogP contribution in [-0.2, 0) is 5.38 Å². The fourth-order valence-electron chi connectivity index (χ4n) is 1.72. The highest BCUT2D eigenvalue weighted by atomic mass is 35.5. The van der Waals surface area contributed by atoms with E-state index in [9.17, 15) is 18.4 Å². The van der Waals surface area contributed by atoms with Crippen LogP contribution in [0.3, 0.4) is 0 Å². The van der Waals surface area contributed by atoms with Crippen LogP contribution in [0.1, 0.15) is 21.6 Å². The summed E-state index contributed by atoms with van der Waals surface area (Å²) in [5.41, 5.74) is -2.21. The smallest absolute Gasteiger partial charge is 0.319 e. The molecule has 0 amide bonds. The molecule has 0 bridgehead atoms. The van der Waals surface area contributed by atoms with E-state index in [1.807, 2.05) is 11.1 Å². The van der Waals surface area contributed by atoms with Gasteiger partial charge in [0.1, 0.15) is 11.8 Å². The van der Waals surface area contributed by atoms with Gasteiger partial charge in [-0.15, -0.1) is 0 Å². The lowest BCUT2D eigenvalue weighted by Crippen LogP contribution is -2.20. The van der Waals surface area contributed by atoms with Crippen LogP contribution in [0.15, 0.2) is 32.8 Å². The molecular formula is C14H5Cl3F2N2O2S. The van der Waals surface area contributed by atoms with Gasteiger partial charge in [-0.1, -0.05) is 35.0 Å². The number of pyridine rings is 1. The zero-order chi connectivity index (χ0) is 18.1. The van der Waals surface area contributed by atoms with Gasteiger partial charge in [0.2, 0.25) is 0 Å². The number of nitrogens with zero attached hydrogens (tertiary/aromatic N) is 1. The minimum atomic E-state index is -3.84. The second kappa shape index (κ2) is 7.11. The zero-order valence-corrected chi connectivity index (χ0v) is 14.5. The maximum absolute atomic E-state index is 13.3. The summed E-state index contributed by atoms with van der Waals surface area (Å²) in [7, 11) is 0. The van der Waals surface area contributed by atoms with Crippen molar-refractivity contribution in [1.82, 2.24) is 4.98 Å². The highest BCUT2D eigenvalue weighted by molar-refractivity contribution is 7.99. The quantitative estimate of drug-likeness (QED) is 0.581. The third-order valence-corrected chi connectivity index (χ3v) is 5.16. The van der Waals surface area contributed by atoms with E-state index >= 15 is 0 Å². The number of benzene rings is 1. The highest BCUT2D eigenvalue weighted by Crippen LogP contribution is 2.42. The first-order chi connectivity index (χ1) is 11.2. The maximum atomic E-state index is 13.3. The molecule has 0 radical (unpaired) electrons. The van der Waals surface area contributed by atoms with Crippen LogP contribution in [0.25, 0.3) is 0 Å². The molecule has 0 fully saturated rings. The minimum Gasteiger partial charge on any atom is -0.319 e. The van der Waals surface area contributed by atoms with Crippen molar-refractivity contribution >= 4 is 52.9 Å². The van der Waals surface area contributed by atoms with Crippen molar-refractivity contribution in [3.63, 3.8) is 0 Å². The van der Waals surface area contributed by atoms with Crippen LogP contribution in [0, 0.1) is 11.3 Å². The standard InChI is InChI=1S/C14H5Cl3F2N2O2S/c15-8-2-1-6(4-20)11(16)12(8)24-9-3-10(14(17,18)19)21-13(23)7(9)5-22/h1-3,5H,(H,21,23). The summed E-state index contributed by atoms with van der Waals surface area (Å²) in [6.45, 7) is 0. The molecule has 1 aromatic heterocycles. The topological polar surface area (TPSA) is 73.7 Å². The fourth-order valence-corrected chi connectivity index (χ4v) is 3.48. The van der Waals surface area contributed by atoms with Crippen molar-refractivity contribution in [2.75, 3.05) is 0 Å². The summed E-state index contributed by atoms with van der Waals surface area (Å²) in [6.07, 6.45) is 0.216. The van der Waals surface area contributed by atoms with Crippen molar-refractivity contribution < 1.29 is 13.6 Å². The van der Waals surface area contributed by atoms with Gasteiger partial charge in [0.25, 0.3) is 5.56 Å². The van der Waals surface area contributed by atoms with Gasteiger partial charge in [0.05, 0.1) is 26.1 Å². The Morgan fingerprint density at radius 2 is 2.00 bits per heavy atom. The number of nitriles is 1. The van der Waals surface area contributed by atoms with Gasteiger partial charge < -0.3 is 4.98 Å². The van der Waals surface area contributed by atoms with Crippen LogP contribution in [-0.4, -0.2) is 11.3 Å². The van der Waals surface area contributed by atoms with Gasteiger partial charge in [0.15, 0.2) is 6.29 Å². The molecule has 0 saturated carbocycles. The van der Waals surface area contributed by atoms with Gasteiger partial charge in [-0.3, -0.25) is 9.59 Å². The molecule has 2 rings (SSSR count). The van der Waals surface area contributed by atoms with E-state index in [-0.39, 0.29) is 37.2 Å². The van der Waals surface area contributed by atoms with Crippen molar-refractivity contribution in [3.05, 3.63) is 55.4 Å². The molecule has 0 aliphatic carbocycles. The highest BCUT2D eigenvalue weighted by Gasteiger charge is 2.31. The van der Waals surface area contributed by atoms with Crippen molar-refractivity contribution in [3.8, 4) is 6.07 Å². The first kappa shape index (κ1) is 18.7. The second-order valence-electron chi connectivity index (χ2n) is 4.36. The number of alkyl halides is 3. The van der Waals surface area contributed by atoms with E-state index in [0.29, 0.717) is 11.8 Å². The Morgan fingerprint density at radius 1 is 1.33 bits per heavy atom. The molecule has 1 aromatic carbocycles. The van der Waals surface area contributed by atoms with E-state index in [2.05, 4.69) is 0 Å². The van der Waals surface area contributed by atoms with Crippen LogP contribution in [0.4, 0.5) is 8.78 Å². The summed E-state index contributed by atoms with van der Waals surface area (Å²) in [6, 6.07) is 5.47. The number of H-pyrrole nitrogens is 1. The summed E-state index contributed by atoms with van der Waals surface area (Å²) in [5.74, 6) is 0. The summed E-state index contributed by atoms with van der Waals surface area (Å²) < 4.78 is 26.5. The first-order valence-electron chi connectivity index (χ1n) is 6.04. The maximum Gasteiger partial charge on any atom is 0.362 e. The van der Waals surface area contributed by atoms with Crippen LogP contribution in [0.5, 0.6) is 0 Å². The molecule has 24 heavy (non-hydrogen) atoms. The number of carbonyl (C=O) groups excluding carboxylic acids is 1. The van der Waals surface area contributed by atoms with Gasteiger partial charge in [0, 0.05) is 4.90 Å². The van der Waals surface area contributed by atoms with Gasteiger partial charge in [-0.25, -0.2) is 0 Å². The van der Waals surface area contributed by atoms with Crippen LogP contribution in [0.2, 0.25) is 10.0 Å². The average molecular weight is 410 g/mol. The number of aromatic amines is 1. The number of carbonyl (C=O) groups is 1. The first-order valence-corrected chi connectivity index (χ1v) is 7.99. The van der Waals surface area contributed by atoms with E-state index < -0.39 is 16.6 Å². The monoisotopic (exact) mass is 408 g/mol. The molecule has 1 N–H and O–H groups in total. The number of aldehydes is 1. The van der Waals surface area contributed by atoms with Gasteiger partial charge >= 0.3 is 5.38 Å². The summed E-state index contributed by atoms with van der Waals surface area (Å²) >= 11 is 17.7. The molecule has 0 spiro atoms. The Bertz CT molecular complexity index is 920. The minimum absolute atomic E-state index is 0.0219. The Balaban J connectivity index is 2.67. The van der Waals surface area contributed by atoms with Crippen molar-refractivity contribution in [1.29, 1.82) is 5.26 Å². The average Bonchev–Trinajstić information content (AvgIpc) is 2.50. The Labute approximate surface area is 153 Å². The van der Waals surface area contributed by atoms with Crippen molar-refractivity contribution in [2.24, 2.45) is 0 Å². The van der Waals surface area contributed by atoms with Crippen LogP contribution < -0.4 is 5.56 Å². The SMILES string of the molecule is N#Cc1ccc(Cl)c(Sc2cc(C(F)(F)Cl)[nH]c(=O)c2C=O)c1Cl. The Morgan fingerprint density at radius 3 is 2.54 bits per heavy atom. The Hall–Kier alpha value is -1.59. The lowest BCUT2D eigenvalue weighted by atomic mass is 10.2. The van der Waals surface area contributed by atoms with E-state index in [4.69, 9.17) is 40.1 Å². The van der Waals surface area contributed by atoms with E-state index in [1.54, 1.807) is 0 Å². The number of aromatic nitrogens is 1. The lowest BCUT2D eigenvalue weighted by molar-refractivity contribution is 0.0891. The molecule has 124 valence electrons. The number of rotatable bonds is 4. The molecule has 2 aromatic rings. The summed E-state index contributed by atoms with van der Waals surface area (Å²) in [5, 5.41) is 5.25. The summed E-state index contributed by atoms with van der Waals surface area (Å²) in [4.78, 5) is 24.8. The van der Waals surface area contributed by atoms with Gasteiger partial charge in [-0.2, -0.15) is 14.0 Å². The third-order valence-electron chi connectivity index (χ3n) is 2.84. The fraction of sp³-hybridized carbons (Fsp3) is 0.0714. The predicted octanol–water partition coefficient (Wildman–Crippen LogP) is 4.81. The van der Waals surface area contributed by atoms with E-state index in [0.717, 1.165) is 6.07 Å². The van der Waals surface area contributed by atoms with E-state index in [1.165, 1.54) is 12.1 Å². The van der Waals surface area contributed by atoms with Crippen LogP contribution >= 0.6 is 46.6 Å². The predicted molar refractivity (Wildman–Crippen MR) is 87.5 cm³/mol. The number of halogens is 5. The lowest BCUT2D eigenvalue weighted by Gasteiger charge is -2.13. The molecule has 10 heteroatoms.